The van der Waals surface area contributed by atoms with Gasteiger partial charge < -0.3 is 0 Å². The summed E-state index contributed by atoms with van der Waals surface area (Å²) in [6.45, 7) is 1.83. The Kier molecular flexibility index (Phi) is 4.35. The van der Waals surface area contributed by atoms with Gasteiger partial charge in [-0.15, -0.1) is 0 Å². The van der Waals surface area contributed by atoms with Crippen LogP contribution in [-0.2, 0) is 0 Å². The summed E-state index contributed by atoms with van der Waals surface area (Å²) in [5, 5.41) is 16.3. The van der Waals surface area contributed by atoms with Crippen molar-refractivity contribution < 1.29 is 4.39 Å². The van der Waals surface area contributed by atoms with Crippen molar-refractivity contribution in [3.63, 3.8) is 0 Å². The van der Waals surface area contributed by atoms with Gasteiger partial charge in [0.25, 0.3) is 0 Å². The summed E-state index contributed by atoms with van der Waals surface area (Å²) in [5.74, 6) is -0.317. The summed E-state index contributed by atoms with van der Waals surface area (Å²) in [6.07, 6.45) is 2.92. The van der Waals surface area contributed by atoms with Gasteiger partial charge in [0.1, 0.15) is 5.82 Å². The first kappa shape index (κ1) is 13.6. The summed E-state index contributed by atoms with van der Waals surface area (Å²) < 4.78 is 13.5. The molecule has 0 amide bonds. The second-order valence-electron chi connectivity index (χ2n) is 4.25. The zero-order valence-corrected chi connectivity index (χ0v) is 10.9. The molecule has 0 atom stereocenters. The number of hydrogen-bond donors (Lipinski definition) is 0. The molecule has 0 radical (unpaired) electrons. The van der Waals surface area contributed by atoms with E-state index in [9.17, 15) is 4.39 Å². The lowest BCUT2D eigenvalue weighted by Crippen LogP contribution is -1.88. The normalized spacial score (nSPS) is 11.1. The molecule has 2 aromatic carbocycles. The summed E-state index contributed by atoms with van der Waals surface area (Å²) in [4.78, 5) is 0. The molecule has 2 aromatic rings. The van der Waals surface area contributed by atoms with Crippen LogP contribution in [0.3, 0.4) is 0 Å². The van der Waals surface area contributed by atoms with Crippen LogP contribution in [0, 0.1) is 24.1 Å². The quantitative estimate of drug-likeness (QED) is 0.619. The smallest absolute Gasteiger partial charge is 0.132 e. The highest BCUT2D eigenvalue weighted by atomic mass is 19.1. The average Bonchev–Trinajstić information content (AvgIpc) is 2.46. The third kappa shape index (κ3) is 3.59. The molecule has 0 saturated carbocycles. The number of rotatable bonds is 3. The van der Waals surface area contributed by atoms with E-state index in [0.717, 1.165) is 11.1 Å². The molecule has 0 aliphatic carbocycles. The van der Waals surface area contributed by atoms with Gasteiger partial charge in [-0.3, -0.25) is 0 Å². The van der Waals surface area contributed by atoms with E-state index < -0.39 is 0 Å². The standard InChI is InChI=1S/C16H12FN3/c1-12-2-7-15(16(17)8-12)11-20-19-10-14-5-3-13(9-18)4-6-14/h2-8,10-11H,1H3. The van der Waals surface area contributed by atoms with Crippen LogP contribution in [0.4, 0.5) is 4.39 Å². The van der Waals surface area contributed by atoms with Gasteiger partial charge >= 0.3 is 0 Å². The number of nitriles is 1. The first-order chi connectivity index (χ1) is 9.69. The molecule has 0 unspecified atom stereocenters. The van der Waals surface area contributed by atoms with Gasteiger partial charge in [-0.05, 0) is 36.2 Å². The molecule has 20 heavy (non-hydrogen) atoms. The van der Waals surface area contributed by atoms with Gasteiger partial charge in [0.15, 0.2) is 0 Å². The Morgan fingerprint density at radius 3 is 2.40 bits per heavy atom. The molecule has 0 aliphatic rings. The molecule has 98 valence electrons. The van der Waals surface area contributed by atoms with Crippen molar-refractivity contribution in [1.82, 2.24) is 0 Å². The molecule has 2 rings (SSSR count). The van der Waals surface area contributed by atoms with E-state index in [1.807, 2.05) is 19.1 Å². The van der Waals surface area contributed by atoms with E-state index >= 15 is 0 Å². The lowest BCUT2D eigenvalue weighted by molar-refractivity contribution is 0.624. The van der Waals surface area contributed by atoms with Crippen molar-refractivity contribution in [3.8, 4) is 6.07 Å². The Morgan fingerprint density at radius 1 is 1.05 bits per heavy atom. The van der Waals surface area contributed by atoms with Crippen molar-refractivity contribution in [1.29, 1.82) is 5.26 Å². The average molecular weight is 265 g/mol. The minimum absolute atomic E-state index is 0.317. The highest BCUT2D eigenvalue weighted by Crippen LogP contribution is 2.07. The summed E-state index contributed by atoms with van der Waals surface area (Å²) in [5.41, 5.74) is 2.67. The molecule has 0 fully saturated rings. The maximum atomic E-state index is 13.5. The van der Waals surface area contributed by atoms with Crippen LogP contribution >= 0.6 is 0 Å². The molecule has 0 aliphatic heterocycles. The number of nitrogens with zero attached hydrogens (tertiary/aromatic N) is 3. The SMILES string of the molecule is Cc1ccc(C=NN=Cc2ccc(C#N)cc2)c(F)c1. The number of hydrogen-bond acceptors (Lipinski definition) is 3. The predicted molar refractivity (Wildman–Crippen MR) is 77.5 cm³/mol. The van der Waals surface area contributed by atoms with Gasteiger partial charge in [0, 0.05) is 5.56 Å². The van der Waals surface area contributed by atoms with Gasteiger partial charge in [-0.2, -0.15) is 15.5 Å². The Labute approximate surface area is 116 Å². The summed E-state index contributed by atoms with van der Waals surface area (Å²) in [7, 11) is 0. The molecule has 0 heterocycles. The molecule has 0 bridgehead atoms. The van der Waals surface area contributed by atoms with Crippen molar-refractivity contribution in [3.05, 3.63) is 70.5 Å². The minimum Gasteiger partial charge on any atom is -0.206 e. The van der Waals surface area contributed by atoms with E-state index in [4.69, 9.17) is 5.26 Å². The highest BCUT2D eigenvalue weighted by Gasteiger charge is 1.98. The summed E-state index contributed by atoms with van der Waals surface area (Å²) >= 11 is 0. The third-order valence-corrected chi connectivity index (χ3v) is 2.67. The van der Waals surface area contributed by atoms with Crippen molar-refractivity contribution in [2.75, 3.05) is 0 Å². The lowest BCUT2D eigenvalue weighted by atomic mass is 10.1. The Hall–Kier alpha value is -2.80. The lowest BCUT2D eigenvalue weighted by Gasteiger charge is -1.96. The molecule has 4 heteroatoms. The third-order valence-electron chi connectivity index (χ3n) is 2.67. The number of halogens is 1. The Balaban J connectivity index is 2.05. The molecule has 3 nitrogen and oxygen atoms in total. The van der Waals surface area contributed by atoms with Gasteiger partial charge in [-0.25, -0.2) is 4.39 Å². The van der Waals surface area contributed by atoms with E-state index in [1.54, 1.807) is 36.5 Å². The van der Waals surface area contributed by atoms with Crippen molar-refractivity contribution in [2.24, 2.45) is 10.2 Å². The fourth-order valence-corrected chi connectivity index (χ4v) is 1.58. The van der Waals surface area contributed by atoms with Crippen molar-refractivity contribution in [2.45, 2.75) is 6.92 Å². The van der Waals surface area contributed by atoms with Crippen molar-refractivity contribution >= 4 is 12.4 Å². The molecule has 0 saturated heterocycles. The van der Waals surface area contributed by atoms with E-state index in [1.165, 1.54) is 12.3 Å². The van der Waals surface area contributed by atoms with Gasteiger partial charge in [0.05, 0.1) is 24.1 Å². The zero-order chi connectivity index (χ0) is 14.4. The zero-order valence-electron chi connectivity index (χ0n) is 10.9. The fourth-order valence-electron chi connectivity index (χ4n) is 1.58. The molecular formula is C16H12FN3. The monoisotopic (exact) mass is 265 g/mol. The van der Waals surface area contributed by atoms with Crippen LogP contribution in [-0.4, -0.2) is 12.4 Å². The number of benzene rings is 2. The Bertz CT molecular complexity index is 695. The van der Waals surface area contributed by atoms with Crippen LogP contribution in [0.2, 0.25) is 0 Å². The highest BCUT2D eigenvalue weighted by molar-refractivity contribution is 5.83. The van der Waals surface area contributed by atoms with Gasteiger partial charge in [-0.1, -0.05) is 24.3 Å². The minimum atomic E-state index is -0.317. The van der Waals surface area contributed by atoms with E-state index in [0.29, 0.717) is 11.1 Å². The number of aryl methyl sites for hydroxylation is 1. The van der Waals surface area contributed by atoms with E-state index in [-0.39, 0.29) is 5.82 Å². The summed E-state index contributed by atoms with van der Waals surface area (Å²) in [6, 6.07) is 13.9. The van der Waals surface area contributed by atoms with Crippen LogP contribution in [0.25, 0.3) is 0 Å². The predicted octanol–water partition coefficient (Wildman–Crippen LogP) is 3.46. The van der Waals surface area contributed by atoms with Crippen LogP contribution in [0.1, 0.15) is 22.3 Å². The topological polar surface area (TPSA) is 48.5 Å². The van der Waals surface area contributed by atoms with Crippen LogP contribution < -0.4 is 0 Å². The maximum absolute atomic E-state index is 13.5. The maximum Gasteiger partial charge on any atom is 0.132 e. The molecule has 0 N–H and O–H groups in total. The molecule has 0 spiro atoms. The molecule has 0 aromatic heterocycles. The first-order valence-corrected chi connectivity index (χ1v) is 6.02. The Morgan fingerprint density at radius 2 is 1.75 bits per heavy atom. The second kappa shape index (κ2) is 6.39. The first-order valence-electron chi connectivity index (χ1n) is 6.02. The van der Waals surface area contributed by atoms with E-state index in [2.05, 4.69) is 10.2 Å². The second-order valence-corrected chi connectivity index (χ2v) is 4.25. The molecular weight excluding hydrogens is 253 g/mol. The van der Waals surface area contributed by atoms with Gasteiger partial charge in [0.2, 0.25) is 0 Å². The largest absolute Gasteiger partial charge is 0.206 e. The fraction of sp³-hybridized carbons (Fsp3) is 0.0625. The van der Waals surface area contributed by atoms with Crippen LogP contribution in [0.15, 0.2) is 52.7 Å². The van der Waals surface area contributed by atoms with Crippen LogP contribution in [0.5, 0.6) is 0 Å².